The second-order valence-corrected chi connectivity index (χ2v) is 9.74. The predicted molar refractivity (Wildman–Crippen MR) is 136 cm³/mol. The Hall–Kier alpha value is -0.820. The lowest BCUT2D eigenvalue weighted by atomic mass is 9.54. The average Bonchev–Trinajstić information content (AvgIpc) is 2.65. The summed E-state index contributed by atoms with van der Waals surface area (Å²) in [4.78, 5) is 0. The van der Waals surface area contributed by atoms with E-state index < -0.39 is 0 Å². The van der Waals surface area contributed by atoms with Crippen molar-refractivity contribution in [3.05, 3.63) is 35.4 Å². The zero-order chi connectivity index (χ0) is 24.1. The second kappa shape index (κ2) is 14.2. The lowest BCUT2D eigenvalue weighted by Gasteiger charge is -2.51. The van der Waals surface area contributed by atoms with Gasteiger partial charge >= 0.3 is 0 Å². The van der Waals surface area contributed by atoms with Crippen LogP contribution < -0.4 is 0 Å². The van der Waals surface area contributed by atoms with Gasteiger partial charge < -0.3 is 4.74 Å². The van der Waals surface area contributed by atoms with Crippen molar-refractivity contribution in [3.63, 3.8) is 0 Å². The molecule has 29 heavy (non-hydrogen) atoms. The largest absolute Gasteiger partial charge is 0.371 e. The first-order chi connectivity index (χ1) is 13.2. The molecule has 1 heteroatoms. The van der Waals surface area contributed by atoms with Crippen LogP contribution in [-0.2, 0) is 10.3 Å². The number of aryl methyl sites for hydroxylation is 1. The summed E-state index contributed by atoms with van der Waals surface area (Å²) in [6.45, 7) is 35.8. The van der Waals surface area contributed by atoms with Crippen molar-refractivity contribution in [1.29, 1.82) is 0 Å². The molecule has 0 N–H and O–H groups in total. The van der Waals surface area contributed by atoms with Crippen LogP contribution in [0.25, 0.3) is 0 Å². The smallest absolute Gasteiger partial charge is 0.0875 e. The van der Waals surface area contributed by atoms with E-state index in [1.54, 1.807) is 0 Å². The van der Waals surface area contributed by atoms with E-state index in [9.17, 15) is 0 Å². The van der Waals surface area contributed by atoms with Crippen LogP contribution in [0.1, 0.15) is 121 Å². The molecule has 0 aromatic heterocycles. The molecule has 0 aliphatic carbocycles. The van der Waals surface area contributed by atoms with Gasteiger partial charge in [-0.1, -0.05) is 120 Å². The summed E-state index contributed by atoms with van der Waals surface area (Å²) in [5.41, 5.74) is 3.01. The monoisotopic (exact) mass is 408 g/mol. The molecule has 0 fully saturated rings. The third kappa shape index (κ3) is 10.2. The van der Waals surface area contributed by atoms with E-state index in [4.69, 9.17) is 4.74 Å². The predicted octanol–water partition coefficient (Wildman–Crippen LogP) is 9.81. The second-order valence-electron chi connectivity index (χ2n) is 9.74. The van der Waals surface area contributed by atoms with Gasteiger partial charge in [-0.05, 0) is 49.0 Å². The van der Waals surface area contributed by atoms with Crippen LogP contribution in [0.3, 0.4) is 0 Å². The molecular formula is C28H56O. The topological polar surface area (TPSA) is 9.23 Å². The van der Waals surface area contributed by atoms with E-state index >= 15 is 0 Å². The summed E-state index contributed by atoms with van der Waals surface area (Å²) < 4.78 is 6.31. The van der Waals surface area contributed by atoms with Crippen molar-refractivity contribution >= 4 is 0 Å². The number of benzene rings is 1. The van der Waals surface area contributed by atoms with E-state index in [1.807, 2.05) is 41.5 Å². The molecule has 0 aliphatic heterocycles. The first-order valence-corrected chi connectivity index (χ1v) is 11.9. The standard InChI is InChI=1S/C22H38O.3C2H6/c1-17-12-11-13-18(16-17)21(7,8)23-15-14-20(5,6)22(9,10)19(2,3)4;3*1-2/h11-13,16H,14-15H2,1-10H3;3*1-2H3. The van der Waals surface area contributed by atoms with Crippen LogP contribution in [0, 0.1) is 23.2 Å². The molecular weight excluding hydrogens is 352 g/mol. The third-order valence-electron chi connectivity index (χ3n) is 6.47. The van der Waals surface area contributed by atoms with E-state index in [-0.39, 0.29) is 21.8 Å². The highest BCUT2D eigenvalue weighted by Gasteiger charge is 2.45. The zero-order valence-electron chi connectivity index (χ0n) is 23.1. The molecule has 0 radical (unpaired) electrons. The fourth-order valence-corrected chi connectivity index (χ4v) is 2.99. The quantitative estimate of drug-likeness (QED) is 0.455. The Morgan fingerprint density at radius 1 is 0.724 bits per heavy atom. The maximum atomic E-state index is 6.31. The molecule has 174 valence electrons. The Morgan fingerprint density at radius 2 is 1.17 bits per heavy atom. The molecule has 0 spiro atoms. The number of ether oxygens (including phenoxy) is 1. The molecule has 0 bridgehead atoms. The van der Waals surface area contributed by atoms with Crippen molar-refractivity contribution in [2.45, 2.75) is 123 Å². The van der Waals surface area contributed by atoms with Crippen LogP contribution in [0.5, 0.6) is 0 Å². The summed E-state index contributed by atoms with van der Waals surface area (Å²) in [5.74, 6) is 0. The van der Waals surface area contributed by atoms with Gasteiger partial charge in [-0.2, -0.15) is 0 Å². The molecule has 0 amide bonds. The molecule has 0 heterocycles. The van der Waals surface area contributed by atoms with E-state index in [0.717, 1.165) is 13.0 Å². The lowest BCUT2D eigenvalue weighted by molar-refractivity contribution is -0.0688. The minimum Gasteiger partial charge on any atom is -0.371 e. The summed E-state index contributed by atoms with van der Waals surface area (Å²) in [6, 6.07) is 8.64. The van der Waals surface area contributed by atoms with Gasteiger partial charge in [-0.15, -0.1) is 0 Å². The third-order valence-corrected chi connectivity index (χ3v) is 6.47. The van der Waals surface area contributed by atoms with Gasteiger partial charge in [-0.25, -0.2) is 0 Å². The number of rotatable bonds is 6. The maximum Gasteiger partial charge on any atom is 0.0875 e. The summed E-state index contributed by atoms with van der Waals surface area (Å²) in [6.07, 6.45) is 1.06. The number of hydrogen-bond acceptors (Lipinski definition) is 1. The first-order valence-electron chi connectivity index (χ1n) is 11.9. The van der Waals surface area contributed by atoms with E-state index in [0.29, 0.717) is 0 Å². The summed E-state index contributed by atoms with van der Waals surface area (Å²) in [7, 11) is 0. The Morgan fingerprint density at radius 3 is 1.55 bits per heavy atom. The Bertz CT molecular complexity index is 515. The fourth-order valence-electron chi connectivity index (χ4n) is 2.99. The molecule has 1 rings (SSSR count). The van der Waals surface area contributed by atoms with Gasteiger partial charge in [0.1, 0.15) is 0 Å². The van der Waals surface area contributed by atoms with Crippen LogP contribution in [0.15, 0.2) is 24.3 Å². The fraction of sp³-hybridized carbons (Fsp3) is 0.786. The van der Waals surface area contributed by atoms with Crippen molar-refractivity contribution in [2.24, 2.45) is 16.2 Å². The first kappa shape index (κ1) is 32.8. The Kier molecular flexibility index (Phi) is 16.1. The maximum absolute atomic E-state index is 6.31. The molecule has 1 nitrogen and oxygen atoms in total. The van der Waals surface area contributed by atoms with Gasteiger partial charge in [0.2, 0.25) is 0 Å². The van der Waals surface area contributed by atoms with Crippen molar-refractivity contribution in [3.8, 4) is 0 Å². The normalized spacial score (nSPS) is 11.9. The molecule has 1 aromatic rings. The molecule has 0 saturated heterocycles. The average molecular weight is 409 g/mol. The van der Waals surface area contributed by atoms with Gasteiger partial charge in [0.05, 0.1) is 5.60 Å². The van der Waals surface area contributed by atoms with Gasteiger partial charge in [0.25, 0.3) is 0 Å². The Balaban J connectivity index is -0.00000103. The lowest BCUT2D eigenvalue weighted by Crippen LogP contribution is -2.43. The number of hydrogen-bond donors (Lipinski definition) is 0. The molecule has 0 aliphatic rings. The van der Waals surface area contributed by atoms with Crippen LogP contribution in [0.4, 0.5) is 0 Å². The molecule has 0 atom stereocenters. The highest BCUT2D eigenvalue weighted by atomic mass is 16.5. The van der Waals surface area contributed by atoms with E-state index in [1.165, 1.54) is 11.1 Å². The van der Waals surface area contributed by atoms with Gasteiger partial charge in [-0.3, -0.25) is 0 Å². The summed E-state index contributed by atoms with van der Waals surface area (Å²) in [5, 5.41) is 0. The zero-order valence-corrected chi connectivity index (χ0v) is 23.1. The Labute approximate surface area is 186 Å². The summed E-state index contributed by atoms with van der Waals surface area (Å²) >= 11 is 0. The van der Waals surface area contributed by atoms with Crippen LogP contribution in [0.2, 0.25) is 0 Å². The minimum atomic E-state index is -0.242. The minimum absolute atomic E-state index is 0.216. The highest BCUT2D eigenvalue weighted by Crippen LogP contribution is 2.52. The van der Waals surface area contributed by atoms with Gasteiger partial charge in [0.15, 0.2) is 0 Å². The molecule has 1 aromatic carbocycles. The molecule has 0 saturated carbocycles. The molecule has 0 unspecified atom stereocenters. The SMILES string of the molecule is CC.CC.CC.Cc1cccc(C(C)(C)OCCC(C)(C)C(C)(C)C(C)(C)C)c1. The highest BCUT2D eigenvalue weighted by molar-refractivity contribution is 5.26. The van der Waals surface area contributed by atoms with E-state index in [2.05, 4.69) is 93.5 Å². The van der Waals surface area contributed by atoms with Crippen molar-refractivity contribution < 1.29 is 4.74 Å². The van der Waals surface area contributed by atoms with Crippen LogP contribution in [-0.4, -0.2) is 6.61 Å². The van der Waals surface area contributed by atoms with Crippen LogP contribution >= 0.6 is 0 Å². The van der Waals surface area contributed by atoms with Gasteiger partial charge in [0, 0.05) is 6.61 Å². The van der Waals surface area contributed by atoms with Crippen molar-refractivity contribution in [1.82, 2.24) is 0 Å². The van der Waals surface area contributed by atoms with Crippen molar-refractivity contribution in [2.75, 3.05) is 6.61 Å².